The fourth-order valence-electron chi connectivity index (χ4n) is 1.99. The Morgan fingerprint density at radius 1 is 1.10 bits per heavy atom. The molecule has 0 radical (unpaired) electrons. The minimum absolute atomic E-state index is 0.426. The predicted octanol–water partition coefficient (Wildman–Crippen LogP) is 2.17. The zero-order valence-corrected chi connectivity index (χ0v) is 13.6. The van der Waals surface area contributed by atoms with Crippen LogP contribution in [0.1, 0.15) is 19.4 Å². The average molecular weight is 280 g/mol. The summed E-state index contributed by atoms with van der Waals surface area (Å²) >= 11 is 0. The van der Waals surface area contributed by atoms with Crippen LogP contribution in [0.3, 0.4) is 0 Å². The molecule has 0 amide bonds. The van der Waals surface area contributed by atoms with Crippen LogP contribution in [0.2, 0.25) is 0 Å². The van der Waals surface area contributed by atoms with E-state index in [1.54, 1.807) is 14.2 Å². The fourth-order valence-corrected chi connectivity index (χ4v) is 1.99. The molecule has 2 atom stereocenters. The van der Waals surface area contributed by atoms with Gasteiger partial charge in [-0.05, 0) is 52.1 Å². The maximum atomic E-state index is 5.34. The number of rotatable bonds is 8. The number of nitrogens with zero attached hydrogens (tertiary/aromatic N) is 1. The van der Waals surface area contributed by atoms with Gasteiger partial charge >= 0.3 is 0 Å². The molecular formula is C16H28N2O2. The first kappa shape index (κ1) is 16.8. The van der Waals surface area contributed by atoms with Crippen molar-refractivity contribution in [2.45, 2.75) is 32.4 Å². The Bertz CT molecular complexity index is 407. The van der Waals surface area contributed by atoms with Crippen LogP contribution < -0.4 is 14.8 Å². The van der Waals surface area contributed by atoms with Gasteiger partial charge in [0, 0.05) is 18.6 Å². The molecule has 4 nitrogen and oxygen atoms in total. The maximum Gasteiger partial charge on any atom is 0.160 e. The molecule has 20 heavy (non-hydrogen) atoms. The van der Waals surface area contributed by atoms with E-state index < -0.39 is 0 Å². The standard InChI is InChI=1S/C16H28N2O2/c1-12(17-11-13(2)18(3)4)9-14-7-8-15(19-5)16(10-14)20-6/h7-8,10,12-13,17H,9,11H2,1-6H3. The van der Waals surface area contributed by atoms with Gasteiger partial charge in [0.05, 0.1) is 14.2 Å². The zero-order valence-electron chi connectivity index (χ0n) is 13.6. The smallest absolute Gasteiger partial charge is 0.160 e. The third kappa shape index (κ3) is 5.02. The van der Waals surface area contributed by atoms with Crippen molar-refractivity contribution >= 4 is 0 Å². The van der Waals surface area contributed by atoms with Crippen LogP contribution in [0, 0.1) is 0 Å². The second kappa shape index (κ2) is 8.12. The third-order valence-electron chi connectivity index (χ3n) is 3.63. The fraction of sp³-hybridized carbons (Fsp3) is 0.625. The molecule has 0 saturated carbocycles. The van der Waals surface area contributed by atoms with Gasteiger partial charge in [-0.15, -0.1) is 0 Å². The van der Waals surface area contributed by atoms with Crippen LogP contribution in [0.5, 0.6) is 11.5 Å². The summed E-state index contributed by atoms with van der Waals surface area (Å²) in [6, 6.07) is 7.06. The van der Waals surface area contributed by atoms with Crippen LogP contribution in [0.4, 0.5) is 0 Å². The van der Waals surface area contributed by atoms with E-state index in [1.165, 1.54) is 5.56 Å². The molecule has 0 spiro atoms. The molecule has 0 aromatic heterocycles. The molecule has 0 aliphatic rings. The molecule has 0 fully saturated rings. The van der Waals surface area contributed by atoms with Gasteiger partial charge in [0.25, 0.3) is 0 Å². The van der Waals surface area contributed by atoms with Crippen molar-refractivity contribution in [2.24, 2.45) is 0 Å². The summed E-state index contributed by atoms with van der Waals surface area (Å²) in [4.78, 5) is 2.22. The topological polar surface area (TPSA) is 33.7 Å². The molecule has 0 saturated heterocycles. The first-order valence-electron chi connectivity index (χ1n) is 7.08. The first-order chi connectivity index (χ1) is 9.47. The lowest BCUT2D eigenvalue weighted by Crippen LogP contribution is -2.40. The highest BCUT2D eigenvalue weighted by molar-refractivity contribution is 5.43. The molecule has 1 aromatic carbocycles. The van der Waals surface area contributed by atoms with Crippen molar-refractivity contribution in [3.05, 3.63) is 23.8 Å². The molecule has 0 heterocycles. The largest absolute Gasteiger partial charge is 0.493 e. The molecule has 1 aromatic rings. The summed E-state index contributed by atoms with van der Waals surface area (Å²) in [7, 11) is 7.53. The molecule has 4 heteroatoms. The van der Waals surface area contributed by atoms with Gasteiger partial charge in [-0.2, -0.15) is 0 Å². The van der Waals surface area contributed by atoms with Gasteiger partial charge in [-0.1, -0.05) is 6.07 Å². The molecule has 1 N–H and O–H groups in total. The predicted molar refractivity (Wildman–Crippen MR) is 83.9 cm³/mol. The van der Waals surface area contributed by atoms with Crippen molar-refractivity contribution in [3.8, 4) is 11.5 Å². The third-order valence-corrected chi connectivity index (χ3v) is 3.63. The number of methoxy groups -OCH3 is 2. The maximum absolute atomic E-state index is 5.34. The van der Waals surface area contributed by atoms with E-state index >= 15 is 0 Å². The van der Waals surface area contributed by atoms with E-state index in [0.717, 1.165) is 24.5 Å². The van der Waals surface area contributed by atoms with Gasteiger partial charge in [-0.3, -0.25) is 0 Å². The molecule has 0 bridgehead atoms. The van der Waals surface area contributed by atoms with Gasteiger partial charge in [-0.25, -0.2) is 0 Å². The van der Waals surface area contributed by atoms with E-state index in [0.29, 0.717) is 12.1 Å². The Labute approximate surface area is 123 Å². The number of ether oxygens (including phenoxy) is 2. The van der Waals surface area contributed by atoms with Crippen LogP contribution in [0.25, 0.3) is 0 Å². The quantitative estimate of drug-likeness (QED) is 0.791. The molecule has 0 aliphatic heterocycles. The van der Waals surface area contributed by atoms with Gasteiger partial charge in [0.2, 0.25) is 0 Å². The number of likely N-dealkylation sites (N-methyl/N-ethyl adjacent to an activating group) is 1. The molecule has 114 valence electrons. The molecule has 2 unspecified atom stereocenters. The van der Waals surface area contributed by atoms with Crippen LogP contribution in [-0.2, 0) is 6.42 Å². The second-order valence-electron chi connectivity index (χ2n) is 5.52. The van der Waals surface area contributed by atoms with Gasteiger partial charge in [0.1, 0.15) is 0 Å². The van der Waals surface area contributed by atoms with Crippen molar-refractivity contribution in [1.82, 2.24) is 10.2 Å². The van der Waals surface area contributed by atoms with E-state index in [2.05, 4.69) is 44.2 Å². The highest BCUT2D eigenvalue weighted by Gasteiger charge is 2.10. The summed E-state index contributed by atoms with van der Waals surface area (Å²) in [6.07, 6.45) is 0.973. The Morgan fingerprint density at radius 2 is 1.75 bits per heavy atom. The van der Waals surface area contributed by atoms with Crippen molar-refractivity contribution in [3.63, 3.8) is 0 Å². The Morgan fingerprint density at radius 3 is 2.30 bits per heavy atom. The lowest BCUT2D eigenvalue weighted by atomic mass is 10.1. The van der Waals surface area contributed by atoms with Crippen LogP contribution in [-0.4, -0.2) is 51.8 Å². The first-order valence-corrected chi connectivity index (χ1v) is 7.08. The summed E-state index contributed by atoms with van der Waals surface area (Å²) in [5, 5.41) is 3.56. The molecule has 1 rings (SSSR count). The summed E-state index contributed by atoms with van der Waals surface area (Å²) in [6.45, 7) is 5.41. The molecule has 0 aliphatic carbocycles. The van der Waals surface area contributed by atoms with E-state index in [4.69, 9.17) is 9.47 Å². The second-order valence-corrected chi connectivity index (χ2v) is 5.52. The van der Waals surface area contributed by atoms with E-state index in [-0.39, 0.29) is 0 Å². The number of nitrogens with one attached hydrogen (secondary N) is 1. The van der Waals surface area contributed by atoms with Crippen molar-refractivity contribution < 1.29 is 9.47 Å². The van der Waals surface area contributed by atoms with Gasteiger partial charge < -0.3 is 19.7 Å². The van der Waals surface area contributed by atoms with E-state index in [9.17, 15) is 0 Å². The Kier molecular flexibility index (Phi) is 6.82. The highest BCUT2D eigenvalue weighted by atomic mass is 16.5. The Balaban J connectivity index is 2.55. The number of hydrogen-bond donors (Lipinski definition) is 1. The average Bonchev–Trinajstić information content (AvgIpc) is 2.44. The number of hydrogen-bond acceptors (Lipinski definition) is 4. The Hall–Kier alpha value is -1.26. The summed E-state index contributed by atoms with van der Waals surface area (Å²) in [5.74, 6) is 1.57. The zero-order chi connectivity index (χ0) is 15.1. The van der Waals surface area contributed by atoms with Crippen LogP contribution >= 0.6 is 0 Å². The number of benzene rings is 1. The monoisotopic (exact) mass is 280 g/mol. The summed E-state index contributed by atoms with van der Waals surface area (Å²) < 4.78 is 10.6. The van der Waals surface area contributed by atoms with Crippen molar-refractivity contribution in [1.29, 1.82) is 0 Å². The normalized spacial score (nSPS) is 14.2. The van der Waals surface area contributed by atoms with Crippen LogP contribution in [0.15, 0.2) is 18.2 Å². The lowest BCUT2D eigenvalue weighted by Gasteiger charge is -2.23. The highest BCUT2D eigenvalue weighted by Crippen LogP contribution is 2.27. The summed E-state index contributed by atoms with van der Waals surface area (Å²) in [5.41, 5.74) is 1.25. The minimum atomic E-state index is 0.426. The van der Waals surface area contributed by atoms with E-state index in [1.807, 2.05) is 12.1 Å². The lowest BCUT2D eigenvalue weighted by molar-refractivity contribution is 0.295. The SMILES string of the molecule is COc1ccc(CC(C)NCC(C)N(C)C)cc1OC. The molecular weight excluding hydrogens is 252 g/mol. The minimum Gasteiger partial charge on any atom is -0.493 e. The van der Waals surface area contributed by atoms with Crippen molar-refractivity contribution in [2.75, 3.05) is 34.9 Å². The van der Waals surface area contributed by atoms with Gasteiger partial charge in [0.15, 0.2) is 11.5 Å².